The first-order chi connectivity index (χ1) is 8.51. The fourth-order valence-corrected chi connectivity index (χ4v) is 2.43. The van der Waals surface area contributed by atoms with Crippen molar-refractivity contribution >= 4 is 12.0 Å². The van der Waals surface area contributed by atoms with Gasteiger partial charge in [0, 0.05) is 12.6 Å². The van der Waals surface area contributed by atoms with Crippen molar-refractivity contribution in [2.75, 3.05) is 13.7 Å². The van der Waals surface area contributed by atoms with Gasteiger partial charge in [-0.2, -0.15) is 0 Å². The van der Waals surface area contributed by atoms with E-state index in [0.29, 0.717) is 6.04 Å². The Bertz CT molecular complexity index is 305. The highest BCUT2D eigenvalue weighted by molar-refractivity contribution is 5.86. The maximum atomic E-state index is 12.5. The summed E-state index contributed by atoms with van der Waals surface area (Å²) in [7, 11) is 1.31. The minimum Gasteiger partial charge on any atom is -0.453 e. The number of amides is 2. The van der Waals surface area contributed by atoms with Gasteiger partial charge in [-0.15, -0.1) is 0 Å². The van der Waals surface area contributed by atoms with Crippen LogP contribution in [-0.2, 0) is 9.53 Å². The third-order valence-corrected chi connectivity index (χ3v) is 3.52. The van der Waals surface area contributed by atoms with E-state index in [9.17, 15) is 9.59 Å². The molecular formula is C13H24N2O3. The summed E-state index contributed by atoms with van der Waals surface area (Å²) in [5, 5.41) is 2.64. The second-order valence-corrected chi connectivity index (χ2v) is 5.09. The maximum absolute atomic E-state index is 12.5. The number of hydrogen-bond donors (Lipinski definition) is 1. The zero-order chi connectivity index (χ0) is 13.7. The number of carbonyl (C=O) groups excluding carboxylic acids is 2. The molecule has 0 aliphatic carbocycles. The lowest BCUT2D eigenvalue weighted by molar-refractivity contribution is -0.135. The lowest BCUT2D eigenvalue weighted by atomic mass is 10.0. The van der Waals surface area contributed by atoms with Crippen molar-refractivity contribution in [2.24, 2.45) is 5.92 Å². The first kappa shape index (κ1) is 14.8. The molecule has 1 heterocycles. The molecule has 0 saturated carbocycles. The molecule has 0 radical (unpaired) electrons. The molecule has 1 aliphatic heterocycles. The Balaban J connectivity index is 2.73. The molecule has 1 rings (SSSR count). The van der Waals surface area contributed by atoms with Gasteiger partial charge in [-0.05, 0) is 25.2 Å². The molecule has 0 aromatic carbocycles. The van der Waals surface area contributed by atoms with Gasteiger partial charge in [0.1, 0.15) is 6.04 Å². The van der Waals surface area contributed by atoms with Crippen molar-refractivity contribution in [3.63, 3.8) is 0 Å². The number of methoxy groups -OCH3 is 1. The zero-order valence-corrected chi connectivity index (χ0v) is 11.7. The molecule has 0 bridgehead atoms. The normalized spacial score (nSPS) is 20.9. The number of hydrogen-bond acceptors (Lipinski definition) is 3. The van der Waals surface area contributed by atoms with Crippen molar-refractivity contribution < 1.29 is 14.3 Å². The molecule has 2 atom stereocenters. The van der Waals surface area contributed by atoms with Crippen LogP contribution in [-0.4, -0.2) is 42.6 Å². The van der Waals surface area contributed by atoms with Gasteiger partial charge < -0.3 is 15.0 Å². The molecular weight excluding hydrogens is 232 g/mol. The Morgan fingerprint density at radius 1 is 1.44 bits per heavy atom. The van der Waals surface area contributed by atoms with E-state index in [-0.39, 0.29) is 11.8 Å². The summed E-state index contributed by atoms with van der Waals surface area (Å²) in [6, 6.07) is -0.178. The summed E-state index contributed by atoms with van der Waals surface area (Å²) in [6.07, 6.45) is 2.53. The average Bonchev–Trinajstić information content (AvgIpc) is 2.82. The fraction of sp³-hybridized carbons (Fsp3) is 0.846. The summed E-state index contributed by atoms with van der Waals surface area (Å²) in [4.78, 5) is 25.7. The first-order valence-corrected chi connectivity index (χ1v) is 6.66. The molecule has 0 unspecified atom stereocenters. The minimum atomic E-state index is -0.547. The van der Waals surface area contributed by atoms with Gasteiger partial charge >= 0.3 is 6.09 Å². The maximum Gasteiger partial charge on any atom is 0.407 e. The van der Waals surface area contributed by atoms with Crippen molar-refractivity contribution in [1.82, 2.24) is 10.2 Å². The Labute approximate surface area is 109 Å². The number of carbonyl (C=O) groups is 2. The summed E-state index contributed by atoms with van der Waals surface area (Å²) in [5.74, 6) is 0.0643. The second kappa shape index (κ2) is 6.61. The third kappa shape index (κ3) is 3.37. The topological polar surface area (TPSA) is 58.6 Å². The number of ether oxygens (including phenoxy) is 1. The molecule has 1 saturated heterocycles. The van der Waals surface area contributed by atoms with Gasteiger partial charge in [-0.1, -0.05) is 20.8 Å². The van der Waals surface area contributed by atoms with Gasteiger partial charge in [0.2, 0.25) is 5.91 Å². The third-order valence-electron chi connectivity index (χ3n) is 3.52. The van der Waals surface area contributed by atoms with E-state index in [1.807, 2.05) is 18.7 Å². The molecule has 0 aromatic rings. The number of nitrogens with one attached hydrogen (secondary N) is 1. The van der Waals surface area contributed by atoms with Crippen LogP contribution in [0.1, 0.15) is 40.0 Å². The quantitative estimate of drug-likeness (QED) is 0.834. The summed E-state index contributed by atoms with van der Waals surface area (Å²) >= 11 is 0. The smallest absolute Gasteiger partial charge is 0.407 e. The summed E-state index contributed by atoms with van der Waals surface area (Å²) < 4.78 is 4.58. The van der Waals surface area contributed by atoms with Crippen LogP contribution in [0.3, 0.4) is 0 Å². The van der Waals surface area contributed by atoms with Crippen LogP contribution in [0.4, 0.5) is 4.79 Å². The van der Waals surface area contributed by atoms with E-state index < -0.39 is 12.1 Å². The Morgan fingerprint density at radius 2 is 2.11 bits per heavy atom. The van der Waals surface area contributed by atoms with Gasteiger partial charge in [0.05, 0.1) is 7.11 Å². The van der Waals surface area contributed by atoms with Crippen LogP contribution in [0.5, 0.6) is 0 Å². The molecule has 18 heavy (non-hydrogen) atoms. The number of likely N-dealkylation sites (tertiary alicyclic amines) is 1. The van der Waals surface area contributed by atoms with E-state index in [2.05, 4.69) is 17.0 Å². The number of rotatable bonds is 4. The van der Waals surface area contributed by atoms with Gasteiger partial charge in [0.15, 0.2) is 0 Å². The van der Waals surface area contributed by atoms with Gasteiger partial charge in [-0.25, -0.2) is 4.79 Å². The first-order valence-electron chi connectivity index (χ1n) is 6.66. The second-order valence-electron chi connectivity index (χ2n) is 5.09. The van der Waals surface area contributed by atoms with Gasteiger partial charge in [0.25, 0.3) is 0 Å². The van der Waals surface area contributed by atoms with Crippen molar-refractivity contribution in [1.29, 1.82) is 0 Å². The monoisotopic (exact) mass is 256 g/mol. The van der Waals surface area contributed by atoms with E-state index >= 15 is 0 Å². The van der Waals surface area contributed by atoms with Crippen molar-refractivity contribution in [3.8, 4) is 0 Å². The van der Waals surface area contributed by atoms with Crippen LogP contribution in [0.25, 0.3) is 0 Å². The van der Waals surface area contributed by atoms with Crippen LogP contribution < -0.4 is 5.32 Å². The largest absolute Gasteiger partial charge is 0.453 e. The zero-order valence-electron chi connectivity index (χ0n) is 11.7. The molecule has 1 aliphatic rings. The predicted molar refractivity (Wildman–Crippen MR) is 69.2 cm³/mol. The molecule has 104 valence electrons. The molecule has 5 nitrogen and oxygen atoms in total. The fourth-order valence-electron chi connectivity index (χ4n) is 2.43. The summed E-state index contributed by atoms with van der Waals surface area (Å²) in [5.41, 5.74) is 0. The summed E-state index contributed by atoms with van der Waals surface area (Å²) in [6.45, 7) is 6.74. The Kier molecular flexibility index (Phi) is 5.44. The number of nitrogens with zero attached hydrogens (tertiary/aromatic N) is 1. The van der Waals surface area contributed by atoms with E-state index in [1.165, 1.54) is 7.11 Å². The SMILES string of the molecule is CC[C@@H]1CCCN1C(=O)[C@@H](NC(=O)OC)C(C)C. The highest BCUT2D eigenvalue weighted by Crippen LogP contribution is 2.22. The van der Waals surface area contributed by atoms with E-state index in [4.69, 9.17) is 0 Å². The Hall–Kier alpha value is -1.26. The molecule has 5 heteroatoms. The van der Waals surface area contributed by atoms with Crippen molar-refractivity contribution in [3.05, 3.63) is 0 Å². The lowest BCUT2D eigenvalue weighted by Gasteiger charge is -2.30. The standard InChI is InChI=1S/C13H24N2O3/c1-5-10-7-6-8-15(10)12(16)11(9(2)3)14-13(17)18-4/h9-11H,5-8H2,1-4H3,(H,14,17)/t10-,11+/m1/s1. The van der Waals surface area contributed by atoms with E-state index in [0.717, 1.165) is 25.8 Å². The number of alkyl carbamates (subject to hydrolysis) is 1. The average molecular weight is 256 g/mol. The predicted octanol–water partition coefficient (Wildman–Crippen LogP) is 1.77. The molecule has 1 fully saturated rings. The highest BCUT2D eigenvalue weighted by Gasteiger charge is 2.34. The highest BCUT2D eigenvalue weighted by atomic mass is 16.5. The molecule has 0 spiro atoms. The molecule has 0 aromatic heterocycles. The molecule has 1 N–H and O–H groups in total. The Morgan fingerprint density at radius 3 is 2.61 bits per heavy atom. The van der Waals surface area contributed by atoms with Crippen LogP contribution >= 0.6 is 0 Å². The van der Waals surface area contributed by atoms with Crippen molar-refractivity contribution in [2.45, 2.75) is 52.1 Å². The van der Waals surface area contributed by atoms with Gasteiger partial charge in [-0.3, -0.25) is 4.79 Å². The van der Waals surface area contributed by atoms with Crippen LogP contribution in [0, 0.1) is 5.92 Å². The van der Waals surface area contributed by atoms with E-state index in [1.54, 1.807) is 0 Å². The van der Waals surface area contributed by atoms with Crippen LogP contribution in [0.2, 0.25) is 0 Å². The molecule has 2 amide bonds. The lowest BCUT2D eigenvalue weighted by Crippen LogP contribution is -2.52. The minimum absolute atomic E-state index is 0.0137. The van der Waals surface area contributed by atoms with Crippen LogP contribution in [0.15, 0.2) is 0 Å².